The minimum atomic E-state index is -0.608. The first-order valence-electron chi connectivity index (χ1n) is 7.85. The molecule has 3 rings (SSSR count). The molecule has 0 fully saturated rings. The maximum absolute atomic E-state index is 11.3. The predicted octanol–water partition coefficient (Wildman–Crippen LogP) is 3.38. The summed E-state index contributed by atoms with van der Waals surface area (Å²) in [6, 6.07) is 6.87. The van der Waals surface area contributed by atoms with Crippen LogP contribution in [0.4, 0.5) is 0 Å². The lowest BCUT2D eigenvalue weighted by molar-refractivity contribution is -0.113. The summed E-state index contributed by atoms with van der Waals surface area (Å²) in [5.74, 6) is 0.675. The number of hydrogen-bond acceptors (Lipinski definition) is 5. The van der Waals surface area contributed by atoms with Gasteiger partial charge < -0.3 is 13.9 Å². The molecule has 1 aliphatic rings. The van der Waals surface area contributed by atoms with Crippen LogP contribution in [-0.4, -0.2) is 17.5 Å². The van der Waals surface area contributed by atoms with Crippen LogP contribution in [0.15, 0.2) is 45.3 Å². The first-order valence-corrected chi connectivity index (χ1v) is 7.85. The molecule has 0 N–H and O–H groups in total. The highest BCUT2D eigenvalue weighted by Crippen LogP contribution is 2.37. The van der Waals surface area contributed by atoms with Gasteiger partial charge in [-0.05, 0) is 45.4 Å². The van der Waals surface area contributed by atoms with Gasteiger partial charge in [0.2, 0.25) is 0 Å². The van der Waals surface area contributed by atoms with Gasteiger partial charge in [0, 0.05) is 29.5 Å². The zero-order chi connectivity index (χ0) is 17.5. The Balaban J connectivity index is 1.85. The topological polar surface area (TPSA) is 65.7 Å². The summed E-state index contributed by atoms with van der Waals surface area (Å²) in [7, 11) is 0. The van der Waals surface area contributed by atoms with E-state index < -0.39 is 5.60 Å². The van der Waals surface area contributed by atoms with Crippen molar-refractivity contribution in [2.75, 3.05) is 0 Å². The van der Waals surface area contributed by atoms with Crippen molar-refractivity contribution in [1.29, 1.82) is 0 Å². The van der Waals surface area contributed by atoms with Crippen molar-refractivity contribution < 1.29 is 18.7 Å². The molecule has 0 saturated carbocycles. The normalized spacial score (nSPS) is 17.5. The fourth-order valence-electron chi connectivity index (χ4n) is 2.59. The van der Waals surface area contributed by atoms with Crippen LogP contribution >= 0.6 is 0 Å². The second kappa shape index (κ2) is 5.82. The first kappa shape index (κ1) is 16.3. The van der Waals surface area contributed by atoms with Gasteiger partial charge >= 0.3 is 5.63 Å². The van der Waals surface area contributed by atoms with E-state index in [9.17, 15) is 9.59 Å². The van der Waals surface area contributed by atoms with E-state index in [1.807, 2.05) is 19.9 Å². The van der Waals surface area contributed by atoms with Gasteiger partial charge in [0.15, 0.2) is 5.78 Å². The average Bonchev–Trinajstić information content (AvgIpc) is 2.94. The minimum absolute atomic E-state index is 0.0253. The average molecular weight is 328 g/mol. The number of fused-ring (bicyclic) bond motifs is 2. The summed E-state index contributed by atoms with van der Waals surface area (Å²) in [5, 5.41) is 0.864. The second-order valence-electron chi connectivity index (χ2n) is 6.64. The molecule has 0 unspecified atom stereocenters. The Morgan fingerprint density at radius 2 is 2.04 bits per heavy atom. The number of ether oxygens (including phenoxy) is 2. The maximum atomic E-state index is 11.3. The molecule has 0 radical (unpaired) electrons. The monoisotopic (exact) mass is 328 g/mol. The van der Waals surface area contributed by atoms with Gasteiger partial charge in [0.25, 0.3) is 0 Å². The fourth-order valence-corrected chi connectivity index (χ4v) is 2.59. The van der Waals surface area contributed by atoms with E-state index in [2.05, 4.69) is 0 Å². The number of ketones is 1. The van der Waals surface area contributed by atoms with Crippen LogP contribution < -0.4 is 10.4 Å². The molecule has 24 heavy (non-hydrogen) atoms. The Hall–Kier alpha value is -2.56. The number of hydrogen-bond donors (Lipinski definition) is 0. The molecule has 0 saturated heterocycles. The largest absolute Gasteiger partial charge is 0.491 e. The Kier molecular flexibility index (Phi) is 3.95. The van der Waals surface area contributed by atoms with Gasteiger partial charge in [-0.2, -0.15) is 0 Å². The van der Waals surface area contributed by atoms with Gasteiger partial charge in [-0.3, -0.25) is 4.79 Å². The lowest BCUT2D eigenvalue weighted by atomic mass is 9.96. The van der Waals surface area contributed by atoms with Crippen LogP contribution in [0.3, 0.4) is 0 Å². The van der Waals surface area contributed by atoms with E-state index >= 15 is 0 Å². The summed E-state index contributed by atoms with van der Waals surface area (Å²) < 4.78 is 17.0. The van der Waals surface area contributed by atoms with Gasteiger partial charge in [-0.25, -0.2) is 4.79 Å². The molecular formula is C19H20O5. The zero-order valence-corrected chi connectivity index (χ0v) is 14.2. The number of Topliss-reactive ketones (excluding diaryl/α,β-unsaturated/α-hetero) is 1. The minimum Gasteiger partial charge on any atom is -0.491 e. The number of allylic oxidation sites excluding steroid dienone is 1. The van der Waals surface area contributed by atoms with Crippen molar-refractivity contribution in [1.82, 2.24) is 0 Å². The highest BCUT2D eigenvalue weighted by Gasteiger charge is 2.38. The molecule has 1 atom stereocenters. The molecule has 1 aromatic heterocycles. The summed E-state index contributed by atoms with van der Waals surface area (Å²) in [6.45, 7) is 7.07. The van der Waals surface area contributed by atoms with Crippen LogP contribution in [0.25, 0.3) is 11.0 Å². The summed E-state index contributed by atoms with van der Waals surface area (Å²) in [6.07, 6.45) is 1.97. The zero-order valence-electron chi connectivity index (χ0n) is 14.2. The van der Waals surface area contributed by atoms with E-state index in [0.717, 1.165) is 10.9 Å². The third-order valence-corrected chi connectivity index (χ3v) is 4.35. The summed E-state index contributed by atoms with van der Waals surface area (Å²) in [4.78, 5) is 22.7. The number of carbonyl (C=O) groups is 1. The van der Waals surface area contributed by atoms with Gasteiger partial charge in [-0.15, -0.1) is 0 Å². The number of carbonyl (C=O) groups excluding carboxylic acids is 1. The molecule has 5 nitrogen and oxygen atoms in total. The van der Waals surface area contributed by atoms with Crippen LogP contribution in [0.5, 0.6) is 5.75 Å². The van der Waals surface area contributed by atoms with Crippen molar-refractivity contribution in [3.8, 4) is 5.75 Å². The van der Waals surface area contributed by atoms with Gasteiger partial charge in [0.1, 0.15) is 23.0 Å². The lowest BCUT2D eigenvalue weighted by Crippen LogP contribution is -2.41. The van der Waals surface area contributed by atoms with Crippen molar-refractivity contribution in [2.24, 2.45) is 0 Å². The van der Waals surface area contributed by atoms with Gasteiger partial charge in [-0.1, -0.05) is 0 Å². The Morgan fingerprint density at radius 1 is 1.29 bits per heavy atom. The van der Waals surface area contributed by atoms with Crippen LogP contribution in [-0.2, 0) is 16.0 Å². The molecular weight excluding hydrogens is 308 g/mol. The molecule has 1 aromatic carbocycles. The SMILES string of the molecule is CC(=O)C(C)=COC(C)(C)[C@H]1Cc2cc3ccc(=O)oc3cc2O1. The van der Waals surface area contributed by atoms with E-state index in [1.54, 1.807) is 19.1 Å². The standard InChI is InChI=1S/C19H20O5/c1-11(12(2)20)10-22-19(3,4)17-8-14-7-13-5-6-18(21)24-15(13)9-16(14)23-17/h5-7,9-10,17H,8H2,1-4H3/t17-/m1/s1. The Morgan fingerprint density at radius 3 is 2.75 bits per heavy atom. The quantitative estimate of drug-likeness (QED) is 0.489. The van der Waals surface area contributed by atoms with Crippen molar-refractivity contribution in [3.63, 3.8) is 0 Å². The van der Waals surface area contributed by atoms with Crippen molar-refractivity contribution in [2.45, 2.75) is 45.8 Å². The van der Waals surface area contributed by atoms with Crippen molar-refractivity contribution in [3.05, 3.63) is 52.1 Å². The molecule has 0 bridgehead atoms. The highest BCUT2D eigenvalue weighted by atomic mass is 16.6. The molecule has 2 heterocycles. The maximum Gasteiger partial charge on any atom is 0.336 e. The molecule has 0 aliphatic carbocycles. The van der Waals surface area contributed by atoms with Crippen LogP contribution in [0.1, 0.15) is 33.3 Å². The second-order valence-corrected chi connectivity index (χ2v) is 6.64. The third kappa shape index (κ3) is 3.07. The Bertz CT molecular complexity index is 888. The molecule has 126 valence electrons. The van der Waals surface area contributed by atoms with E-state index in [4.69, 9.17) is 13.9 Å². The number of rotatable bonds is 4. The molecule has 1 aliphatic heterocycles. The van der Waals surface area contributed by atoms with E-state index in [0.29, 0.717) is 23.3 Å². The number of benzene rings is 1. The van der Waals surface area contributed by atoms with E-state index in [-0.39, 0.29) is 17.5 Å². The summed E-state index contributed by atoms with van der Waals surface area (Å²) in [5.41, 5.74) is 1.12. The predicted molar refractivity (Wildman–Crippen MR) is 90.2 cm³/mol. The van der Waals surface area contributed by atoms with Crippen LogP contribution in [0.2, 0.25) is 0 Å². The van der Waals surface area contributed by atoms with Crippen molar-refractivity contribution >= 4 is 16.8 Å². The molecule has 5 heteroatoms. The molecule has 0 spiro atoms. The van der Waals surface area contributed by atoms with Crippen LogP contribution in [0, 0.1) is 0 Å². The first-order chi connectivity index (χ1) is 11.3. The smallest absolute Gasteiger partial charge is 0.336 e. The fraction of sp³-hybridized carbons (Fsp3) is 0.368. The Labute approximate surface area is 139 Å². The molecule has 2 aromatic rings. The highest BCUT2D eigenvalue weighted by molar-refractivity contribution is 5.92. The lowest BCUT2D eigenvalue weighted by Gasteiger charge is -2.30. The van der Waals surface area contributed by atoms with E-state index in [1.165, 1.54) is 19.3 Å². The molecule has 0 amide bonds. The van der Waals surface area contributed by atoms with Gasteiger partial charge in [0.05, 0.1) is 6.26 Å². The third-order valence-electron chi connectivity index (χ3n) is 4.35. The summed E-state index contributed by atoms with van der Waals surface area (Å²) >= 11 is 0.